The van der Waals surface area contributed by atoms with Crippen molar-refractivity contribution in [3.63, 3.8) is 0 Å². The maximum absolute atomic E-state index is 13.1. The fourth-order valence-corrected chi connectivity index (χ4v) is 3.77. The highest BCUT2D eigenvalue weighted by Crippen LogP contribution is 2.28. The quantitative estimate of drug-likeness (QED) is 0.205. The van der Waals surface area contributed by atoms with E-state index in [0.717, 1.165) is 5.56 Å². The number of esters is 1. The van der Waals surface area contributed by atoms with Crippen LogP contribution >= 0.6 is 11.6 Å². The molecular formula is C29H26ClNO7. The van der Waals surface area contributed by atoms with Crippen molar-refractivity contribution in [2.75, 3.05) is 0 Å². The Morgan fingerprint density at radius 3 is 2.34 bits per heavy atom. The molecule has 4 rings (SSSR count). The second-order valence-corrected chi connectivity index (χ2v) is 9.32. The Kier molecular flexibility index (Phi) is 8.33. The van der Waals surface area contributed by atoms with Crippen molar-refractivity contribution in [2.45, 2.75) is 33.4 Å². The Hall–Kier alpha value is -4.30. The van der Waals surface area contributed by atoms with Crippen LogP contribution in [0.15, 0.2) is 82.0 Å². The van der Waals surface area contributed by atoms with E-state index in [-0.39, 0.29) is 46.2 Å². The number of benzene rings is 3. The van der Waals surface area contributed by atoms with Crippen molar-refractivity contribution in [3.8, 4) is 17.2 Å². The summed E-state index contributed by atoms with van der Waals surface area (Å²) in [6.07, 6.45) is -0.738. The molecule has 0 fully saturated rings. The standard InChI is InChI=1S/C29H26ClNO7/c1-17(2)25(31-29(34)35-16-19-7-5-4-6-8-19)28(33)38-22-13-14-23-24(15-22)36-18(3)27(26(23)32)37-21-11-9-20(30)10-12-21/h4-15,17,25H,16H2,1-3H3,(H,31,34). The van der Waals surface area contributed by atoms with Gasteiger partial charge in [0.15, 0.2) is 0 Å². The number of carbonyl (C=O) groups is 2. The Morgan fingerprint density at radius 2 is 1.66 bits per heavy atom. The summed E-state index contributed by atoms with van der Waals surface area (Å²) in [5.41, 5.74) is 0.665. The van der Waals surface area contributed by atoms with Gasteiger partial charge in [0.25, 0.3) is 0 Å². The number of hydrogen-bond donors (Lipinski definition) is 1. The molecule has 0 aliphatic carbocycles. The summed E-state index contributed by atoms with van der Waals surface area (Å²) in [7, 11) is 0. The maximum atomic E-state index is 13.1. The third-order valence-electron chi connectivity index (χ3n) is 5.65. The third-order valence-corrected chi connectivity index (χ3v) is 5.90. The lowest BCUT2D eigenvalue weighted by Gasteiger charge is -2.20. The molecule has 0 aliphatic heterocycles. The number of aryl methyl sites for hydroxylation is 1. The molecule has 0 radical (unpaired) electrons. The Morgan fingerprint density at radius 1 is 0.974 bits per heavy atom. The van der Waals surface area contributed by atoms with Gasteiger partial charge in [-0.25, -0.2) is 9.59 Å². The number of hydrogen-bond acceptors (Lipinski definition) is 7. The average molecular weight is 536 g/mol. The molecule has 0 saturated carbocycles. The summed E-state index contributed by atoms with van der Waals surface area (Å²) in [5.74, 6) is -0.0741. The predicted octanol–water partition coefficient (Wildman–Crippen LogP) is 6.40. The minimum absolute atomic E-state index is 0.0441. The van der Waals surface area contributed by atoms with Crippen LogP contribution in [0.2, 0.25) is 5.02 Å². The minimum atomic E-state index is -0.960. The molecule has 1 N–H and O–H groups in total. The number of carbonyl (C=O) groups excluding carboxylic acids is 2. The molecule has 1 unspecified atom stereocenters. The monoisotopic (exact) mass is 535 g/mol. The zero-order chi connectivity index (χ0) is 27.2. The summed E-state index contributed by atoms with van der Waals surface area (Å²) in [5, 5.41) is 3.36. The highest BCUT2D eigenvalue weighted by atomic mass is 35.5. The van der Waals surface area contributed by atoms with E-state index in [2.05, 4.69) is 5.32 Å². The van der Waals surface area contributed by atoms with E-state index in [1.165, 1.54) is 18.2 Å². The summed E-state index contributed by atoms with van der Waals surface area (Å²) in [6, 6.07) is 19.2. The van der Waals surface area contributed by atoms with Crippen molar-refractivity contribution < 1.29 is 28.2 Å². The van der Waals surface area contributed by atoms with Gasteiger partial charge in [0, 0.05) is 11.1 Å². The normalized spacial score (nSPS) is 11.7. The lowest BCUT2D eigenvalue weighted by molar-refractivity contribution is -0.137. The smallest absolute Gasteiger partial charge is 0.408 e. The SMILES string of the molecule is Cc1oc2cc(OC(=O)C(NC(=O)OCc3ccccc3)C(C)C)ccc2c(=O)c1Oc1ccc(Cl)cc1. The molecule has 1 aromatic heterocycles. The van der Waals surface area contributed by atoms with Crippen LogP contribution in [0, 0.1) is 12.8 Å². The fraction of sp³-hybridized carbons (Fsp3) is 0.207. The Labute approximate surface area is 224 Å². The van der Waals surface area contributed by atoms with Gasteiger partial charge in [-0.3, -0.25) is 4.79 Å². The van der Waals surface area contributed by atoms with Gasteiger partial charge in [-0.05, 0) is 54.8 Å². The van der Waals surface area contributed by atoms with Gasteiger partial charge in [-0.2, -0.15) is 0 Å². The molecule has 196 valence electrons. The Balaban J connectivity index is 1.47. The van der Waals surface area contributed by atoms with Gasteiger partial charge in [-0.15, -0.1) is 0 Å². The van der Waals surface area contributed by atoms with Gasteiger partial charge in [0.05, 0.1) is 5.39 Å². The van der Waals surface area contributed by atoms with Crippen molar-refractivity contribution in [2.24, 2.45) is 5.92 Å². The summed E-state index contributed by atoms with van der Waals surface area (Å²) in [6.45, 7) is 5.21. The molecule has 0 bridgehead atoms. The minimum Gasteiger partial charge on any atom is -0.457 e. The third kappa shape index (κ3) is 6.52. The van der Waals surface area contributed by atoms with E-state index in [4.69, 9.17) is 30.2 Å². The van der Waals surface area contributed by atoms with E-state index in [1.807, 2.05) is 30.3 Å². The van der Waals surface area contributed by atoms with Crippen LogP contribution in [0.25, 0.3) is 11.0 Å². The number of amides is 1. The molecule has 1 heterocycles. The van der Waals surface area contributed by atoms with Crippen LogP contribution < -0.4 is 20.2 Å². The topological polar surface area (TPSA) is 104 Å². The second kappa shape index (κ2) is 11.8. The van der Waals surface area contributed by atoms with Gasteiger partial charge >= 0.3 is 12.1 Å². The molecule has 4 aromatic rings. The number of halogens is 1. The first-order chi connectivity index (χ1) is 18.2. The van der Waals surface area contributed by atoms with Gasteiger partial charge in [-0.1, -0.05) is 55.8 Å². The van der Waals surface area contributed by atoms with Crippen molar-refractivity contribution >= 4 is 34.6 Å². The molecule has 0 saturated heterocycles. The van der Waals surface area contributed by atoms with Crippen LogP contribution in [-0.2, 0) is 16.1 Å². The van der Waals surface area contributed by atoms with E-state index >= 15 is 0 Å². The second-order valence-electron chi connectivity index (χ2n) is 8.88. The summed E-state index contributed by atoms with van der Waals surface area (Å²) < 4.78 is 22.3. The molecule has 1 atom stereocenters. The lowest BCUT2D eigenvalue weighted by Crippen LogP contribution is -2.46. The molecule has 8 nitrogen and oxygen atoms in total. The first kappa shape index (κ1) is 26.8. The lowest BCUT2D eigenvalue weighted by atomic mass is 10.1. The first-order valence-electron chi connectivity index (χ1n) is 11.9. The van der Waals surface area contributed by atoms with Gasteiger partial charge < -0.3 is 23.9 Å². The van der Waals surface area contributed by atoms with Crippen LogP contribution in [0.3, 0.4) is 0 Å². The molecular weight excluding hydrogens is 510 g/mol. The number of alkyl carbamates (subject to hydrolysis) is 1. The number of ether oxygens (including phenoxy) is 3. The molecule has 3 aromatic carbocycles. The zero-order valence-corrected chi connectivity index (χ0v) is 21.8. The average Bonchev–Trinajstić information content (AvgIpc) is 2.89. The van der Waals surface area contributed by atoms with E-state index in [1.54, 1.807) is 45.0 Å². The highest BCUT2D eigenvalue weighted by Gasteiger charge is 2.27. The number of nitrogens with one attached hydrogen (secondary N) is 1. The molecule has 1 amide bonds. The number of fused-ring (bicyclic) bond motifs is 1. The largest absolute Gasteiger partial charge is 0.457 e. The summed E-state index contributed by atoms with van der Waals surface area (Å²) in [4.78, 5) is 38.3. The highest BCUT2D eigenvalue weighted by molar-refractivity contribution is 6.30. The molecule has 0 spiro atoms. The van der Waals surface area contributed by atoms with Crippen LogP contribution in [0.5, 0.6) is 17.2 Å². The van der Waals surface area contributed by atoms with E-state index < -0.39 is 18.1 Å². The van der Waals surface area contributed by atoms with Crippen molar-refractivity contribution in [1.82, 2.24) is 5.32 Å². The van der Waals surface area contributed by atoms with E-state index in [9.17, 15) is 14.4 Å². The molecule has 38 heavy (non-hydrogen) atoms. The van der Waals surface area contributed by atoms with Crippen LogP contribution in [0.1, 0.15) is 25.2 Å². The Bertz CT molecular complexity index is 1500. The number of rotatable bonds is 8. The van der Waals surface area contributed by atoms with Crippen LogP contribution in [-0.4, -0.2) is 18.1 Å². The molecule has 9 heteroatoms. The zero-order valence-electron chi connectivity index (χ0n) is 21.0. The fourth-order valence-electron chi connectivity index (χ4n) is 3.64. The van der Waals surface area contributed by atoms with Gasteiger partial charge in [0.2, 0.25) is 11.2 Å². The summed E-state index contributed by atoms with van der Waals surface area (Å²) >= 11 is 5.91. The van der Waals surface area contributed by atoms with Crippen LogP contribution in [0.4, 0.5) is 4.79 Å². The van der Waals surface area contributed by atoms with Crippen molar-refractivity contribution in [1.29, 1.82) is 0 Å². The van der Waals surface area contributed by atoms with E-state index in [0.29, 0.717) is 10.8 Å². The predicted molar refractivity (Wildman–Crippen MR) is 143 cm³/mol. The van der Waals surface area contributed by atoms with Gasteiger partial charge in [0.1, 0.15) is 35.5 Å². The van der Waals surface area contributed by atoms with Crippen molar-refractivity contribution in [3.05, 3.63) is 99.4 Å². The maximum Gasteiger partial charge on any atom is 0.408 e. The first-order valence-corrected chi connectivity index (χ1v) is 12.3. The molecule has 0 aliphatic rings.